The third kappa shape index (κ3) is 5.70. The van der Waals surface area contributed by atoms with Gasteiger partial charge in [-0.05, 0) is 42.9 Å². The van der Waals surface area contributed by atoms with Gasteiger partial charge in [0, 0.05) is 11.4 Å². The van der Waals surface area contributed by atoms with E-state index in [0.717, 1.165) is 28.6 Å². The number of aromatic nitrogens is 2. The van der Waals surface area contributed by atoms with E-state index < -0.39 is 4.65 Å². The van der Waals surface area contributed by atoms with Crippen LogP contribution < -0.4 is 9.96 Å². The summed E-state index contributed by atoms with van der Waals surface area (Å²) < 4.78 is 0.426. The Labute approximate surface area is 182 Å². The number of rotatable bonds is 11. The van der Waals surface area contributed by atoms with E-state index in [1.54, 1.807) is 11.8 Å². The normalized spacial score (nSPS) is 22.3. The maximum atomic E-state index is 13.9. The number of unbranched alkanes of at least 4 members (excludes halogenated alkanes) is 3. The van der Waals surface area contributed by atoms with Crippen LogP contribution in [-0.4, -0.2) is 47.3 Å². The van der Waals surface area contributed by atoms with E-state index in [9.17, 15) is 5.21 Å². The molecule has 2 atom stereocenters. The summed E-state index contributed by atoms with van der Waals surface area (Å²) in [5.74, 6) is 1.04. The van der Waals surface area contributed by atoms with Crippen LogP contribution in [0.1, 0.15) is 51.5 Å². The lowest BCUT2D eigenvalue weighted by molar-refractivity contribution is 0.322. The predicted octanol–water partition coefficient (Wildman–Crippen LogP) is 5.31. The summed E-state index contributed by atoms with van der Waals surface area (Å²) >= 11 is 3.18. The van der Waals surface area contributed by atoms with Gasteiger partial charge in [0.1, 0.15) is 6.67 Å². The van der Waals surface area contributed by atoms with Gasteiger partial charge >= 0.3 is 5.13 Å². The number of hydrogen-bond acceptors (Lipinski definition) is 7. The summed E-state index contributed by atoms with van der Waals surface area (Å²) in [5.41, 5.74) is 2.32. The molecule has 0 radical (unpaired) electrons. The number of likely N-dealkylation sites (N-methyl/N-ethyl adjacent to an activating group) is 1. The summed E-state index contributed by atoms with van der Waals surface area (Å²) in [7, 11) is 1.99. The van der Waals surface area contributed by atoms with Crippen molar-refractivity contribution in [2.45, 2.75) is 62.9 Å². The topological polar surface area (TPSA) is 64.1 Å². The number of thioether (sulfide) groups is 1. The molecule has 1 aromatic heterocycles. The van der Waals surface area contributed by atoms with Crippen molar-refractivity contribution in [2.75, 3.05) is 31.3 Å². The first-order valence-electron chi connectivity index (χ1n) is 10.7. The standard InChI is InChI=1S/C21H33N5OS2/c1-4-6-7-10-14-28-21-24-23-20(29-21)26(27)16-25(3)15-19(26)22-18-13-9-8-12-17(18)11-5-2/h8-9,12-13,19,22H,4-7,10-11,14-16H2,1-3H3. The molecule has 1 fully saturated rings. The van der Waals surface area contributed by atoms with Crippen LogP contribution in [0.3, 0.4) is 0 Å². The van der Waals surface area contributed by atoms with Gasteiger partial charge < -0.3 is 10.5 Å². The van der Waals surface area contributed by atoms with Gasteiger partial charge in [-0.3, -0.25) is 9.55 Å². The van der Waals surface area contributed by atoms with Gasteiger partial charge in [0.25, 0.3) is 0 Å². The second kappa shape index (κ2) is 10.7. The van der Waals surface area contributed by atoms with Gasteiger partial charge in [0.05, 0.1) is 6.54 Å². The second-order valence-corrected chi connectivity index (χ2v) is 10.1. The summed E-state index contributed by atoms with van der Waals surface area (Å²) in [6.07, 6.45) is 6.76. The van der Waals surface area contributed by atoms with Crippen molar-refractivity contribution < 1.29 is 0 Å². The maximum Gasteiger partial charge on any atom is 0.310 e. The molecule has 2 heterocycles. The van der Waals surface area contributed by atoms with Gasteiger partial charge in [-0.2, -0.15) is 0 Å². The molecule has 29 heavy (non-hydrogen) atoms. The molecule has 1 aliphatic heterocycles. The molecular formula is C21H33N5OS2. The van der Waals surface area contributed by atoms with Crippen molar-refractivity contribution in [3.05, 3.63) is 35.0 Å². The molecule has 2 aromatic rings. The number of hydrogen-bond donors (Lipinski definition) is 1. The van der Waals surface area contributed by atoms with E-state index in [2.05, 4.69) is 52.5 Å². The SMILES string of the molecule is CCCCCCSc1nnc([N+]2([O-])CN(C)CC2Nc2ccccc2CCC)s1. The summed E-state index contributed by atoms with van der Waals surface area (Å²) in [6, 6.07) is 8.30. The van der Waals surface area contributed by atoms with Gasteiger partial charge in [0.15, 0.2) is 10.5 Å². The maximum absolute atomic E-state index is 13.9. The fourth-order valence-electron chi connectivity index (χ4n) is 3.72. The Bertz CT molecular complexity index is 771. The van der Waals surface area contributed by atoms with Crippen LogP contribution in [0.5, 0.6) is 0 Å². The number of anilines is 1. The Morgan fingerprint density at radius 3 is 2.83 bits per heavy atom. The monoisotopic (exact) mass is 435 g/mol. The summed E-state index contributed by atoms with van der Waals surface area (Å²) in [4.78, 5) is 2.08. The highest BCUT2D eigenvalue weighted by Crippen LogP contribution is 2.37. The summed E-state index contributed by atoms with van der Waals surface area (Å²) in [6.45, 7) is 5.47. The molecule has 2 unspecified atom stereocenters. The van der Waals surface area contributed by atoms with E-state index in [1.165, 1.54) is 42.6 Å². The molecule has 8 heteroatoms. The van der Waals surface area contributed by atoms with Crippen molar-refractivity contribution in [3.63, 3.8) is 0 Å². The molecule has 160 valence electrons. The average Bonchev–Trinajstić information content (AvgIpc) is 3.29. The van der Waals surface area contributed by atoms with E-state index in [1.807, 2.05) is 13.1 Å². The Hall–Kier alpha value is -1.19. The minimum absolute atomic E-state index is 0.284. The molecule has 1 N–H and O–H groups in total. The van der Waals surface area contributed by atoms with Crippen molar-refractivity contribution in [1.29, 1.82) is 0 Å². The van der Waals surface area contributed by atoms with Crippen LogP contribution >= 0.6 is 23.1 Å². The number of benzene rings is 1. The molecule has 6 nitrogen and oxygen atoms in total. The zero-order valence-electron chi connectivity index (χ0n) is 17.8. The molecule has 3 rings (SSSR count). The van der Waals surface area contributed by atoms with Crippen LogP contribution in [0.15, 0.2) is 28.6 Å². The van der Waals surface area contributed by atoms with Crippen LogP contribution in [0.4, 0.5) is 10.8 Å². The van der Waals surface area contributed by atoms with Crippen LogP contribution in [0.2, 0.25) is 0 Å². The number of para-hydroxylation sites is 1. The number of nitrogens with zero attached hydrogens (tertiary/aromatic N) is 4. The molecule has 0 bridgehead atoms. The minimum Gasteiger partial charge on any atom is -0.623 e. The largest absolute Gasteiger partial charge is 0.623 e. The molecule has 0 saturated carbocycles. The highest BCUT2D eigenvalue weighted by atomic mass is 32.2. The highest BCUT2D eigenvalue weighted by molar-refractivity contribution is 8.01. The Kier molecular flexibility index (Phi) is 8.32. The highest BCUT2D eigenvalue weighted by Gasteiger charge is 2.43. The quantitative estimate of drug-likeness (QED) is 0.223. The van der Waals surface area contributed by atoms with Gasteiger partial charge in [0.2, 0.25) is 0 Å². The van der Waals surface area contributed by atoms with Gasteiger partial charge in [-0.1, -0.05) is 74.6 Å². The zero-order valence-corrected chi connectivity index (χ0v) is 19.4. The van der Waals surface area contributed by atoms with E-state index in [0.29, 0.717) is 18.3 Å². The first-order valence-corrected chi connectivity index (χ1v) is 12.5. The molecule has 1 aliphatic rings. The lowest BCUT2D eigenvalue weighted by Crippen LogP contribution is -2.52. The van der Waals surface area contributed by atoms with Crippen LogP contribution in [-0.2, 0) is 6.42 Å². The molecular weight excluding hydrogens is 402 g/mol. The Balaban J connectivity index is 1.70. The first kappa shape index (κ1) is 22.5. The van der Waals surface area contributed by atoms with Crippen LogP contribution in [0.25, 0.3) is 0 Å². The van der Waals surface area contributed by atoms with Gasteiger partial charge in [-0.25, -0.2) is 0 Å². The molecule has 0 spiro atoms. The van der Waals surface area contributed by atoms with E-state index in [4.69, 9.17) is 0 Å². The fourth-order valence-corrected chi connectivity index (χ4v) is 5.71. The number of nitrogens with one attached hydrogen (secondary N) is 1. The lowest BCUT2D eigenvalue weighted by Gasteiger charge is -2.40. The molecule has 1 saturated heterocycles. The van der Waals surface area contributed by atoms with E-state index >= 15 is 0 Å². The number of quaternary nitrogens is 1. The second-order valence-electron chi connectivity index (χ2n) is 7.80. The van der Waals surface area contributed by atoms with E-state index in [-0.39, 0.29) is 6.17 Å². The predicted molar refractivity (Wildman–Crippen MR) is 125 cm³/mol. The number of aryl methyl sites for hydroxylation is 1. The van der Waals surface area contributed by atoms with Crippen molar-refractivity contribution in [1.82, 2.24) is 19.7 Å². The van der Waals surface area contributed by atoms with Crippen molar-refractivity contribution >= 4 is 33.9 Å². The first-order chi connectivity index (χ1) is 14.1. The van der Waals surface area contributed by atoms with Crippen molar-refractivity contribution in [3.8, 4) is 0 Å². The number of hydroxylamine groups is 2. The Morgan fingerprint density at radius 1 is 1.21 bits per heavy atom. The zero-order chi connectivity index (χ0) is 20.7. The summed E-state index contributed by atoms with van der Waals surface area (Å²) in [5, 5.41) is 26.6. The minimum atomic E-state index is -0.481. The lowest BCUT2D eigenvalue weighted by atomic mass is 10.1. The van der Waals surface area contributed by atoms with Crippen LogP contribution in [0, 0.1) is 5.21 Å². The molecule has 1 aromatic carbocycles. The third-order valence-corrected chi connectivity index (χ3v) is 7.50. The Morgan fingerprint density at radius 2 is 2.03 bits per heavy atom. The fraction of sp³-hybridized carbons (Fsp3) is 0.619. The smallest absolute Gasteiger partial charge is 0.310 e. The molecule has 0 amide bonds. The third-order valence-electron chi connectivity index (χ3n) is 5.24. The van der Waals surface area contributed by atoms with Gasteiger partial charge in [-0.15, -0.1) is 5.10 Å². The molecule has 0 aliphatic carbocycles. The van der Waals surface area contributed by atoms with Crippen molar-refractivity contribution in [2.24, 2.45) is 0 Å². The average molecular weight is 436 g/mol.